The first-order chi connectivity index (χ1) is 11.7. The first-order valence-electron chi connectivity index (χ1n) is 7.63. The molecule has 3 heterocycles. The predicted molar refractivity (Wildman–Crippen MR) is 94.1 cm³/mol. The third kappa shape index (κ3) is 2.85. The number of rotatable bonds is 4. The van der Waals surface area contributed by atoms with Gasteiger partial charge in [0, 0.05) is 11.3 Å². The summed E-state index contributed by atoms with van der Waals surface area (Å²) in [7, 11) is 0. The van der Waals surface area contributed by atoms with Crippen molar-refractivity contribution in [3.05, 3.63) is 64.5 Å². The van der Waals surface area contributed by atoms with Gasteiger partial charge in [-0.2, -0.15) is 15.0 Å². The Hall–Kier alpha value is -2.80. The van der Waals surface area contributed by atoms with Crippen LogP contribution in [0.1, 0.15) is 11.4 Å². The van der Waals surface area contributed by atoms with Crippen LogP contribution >= 0.6 is 11.3 Å². The lowest BCUT2D eigenvalue weighted by Gasteiger charge is -2.00. The monoisotopic (exact) mass is 337 g/mol. The highest BCUT2D eigenvalue weighted by molar-refractivity contribution is 7.22. The lowest BCUT2D eigenvalue weighted by Crippen LogP contribution is -2.13. The summed E-state index contributed by atoms with van der Waals surface area (Å²) in [6, 6.07) is 10.3. The molecule has 0 atom stereocenters. The first-order valence-corrected chi connectivity index (χ1v) is 8.44. The molecule has 0 spiro atoms. The Balaban J connectivity index is 1.67. The van der Waals surface area contributed by atoms with Gasteiger partial charge in [0.05, 0.1) is 24.5 Å². The maximum atomic E-state index is 12.3. The minimum Gasteiger partial charge on any atom is -0.309 e. The summed E-state index contributed by atoms with van der Waals surface area (Å²) in [6.45, 7) is 2.64. The number of hydrogen-bond donors (Lipinski definition) is 1. The van der Waals surface area contributed by atoms with Crippen LogP contribution < -0.4 is 5.56 Å². The van der Waals surface area contributed by atoms with Crippen molar-refractivity contribution in [1.82, 2.24) is 25.0 Å². The maximum absolute atomic E-state index is 12.3. The Bertz CT molecular complexity index is 1030. The molecule has 0 bridgehead atoms. The average Bonchev–Trinajstić information content (AvgIpc) is 3.23. The topological polar surface area (TPSA) is 76.5 Å². The molecule has 0 saturated carbocycles. The van der Waals surface area contributed by atoms with Gasteiger partial charge in [-0.15, -0.1) is 11.3 Å². The Morgan fingerprint density at radius 3 is 2.67 bits per heavy atom. The molecule has 6 nitrogen and oxygen atoms in total. The van der Waals surface area contributed by atoms with Gasteiger partial charge in [0.25, 0.3) is 5.56 Å². The normalized spacial score (nSPS) is 11.2. The molecule has 0 aliphatic carbocycles. The number of hydrogen-bond acceptors (Lipinski definition) is 5. The van der Waals surface area contributed by atoms with Crippen LogP contribution in [0.4, 0.5) is 0 Å². The molecule has 4 rings (SSSR count). The standard InChI is InChI=1S/C17H15N5OS/c1-11-2-4-12(5-3-11)14-10-13-16(24-14)17(23)21-15(20-13)6-9-22-18-7-8-19-22/h2-5,7-8,10H,6,9H2,1H3,(H,20,21,23). The number of fused-ring (bicyclic) bond motifs is 1. The van der Waals surface area contributed by atoms with Crippen molar-refractivity contribution in [2.45, 2.75) is 19.9 Å². The average molecular weight is 337 g/mol. The number of aromatic amines is 1. The SMILES string of the molecule is Cc1ccc(-c2cc3nc(CCn4nccn4)[nH]c(=O)c3s2)cc1. The summed E-state index contributed by atoms with van der Waals surface area (Å²) < 4.78 is 0.659. The van der Waals surface area contributed by atoms with Crippen LogP contribution in [-0.4, -0.2) is 25.0 Å². The van der Waals surface area contributed by atoms with E-state index in [1.165, 1.54) is 16.9 Å². The molecule has 120 valence electrons. The molecule has 0 amide bonds. The van der Waals surface area contributed by atoms with Crippen LogP contribution in [0.25, 0.3) is 20.7 Å². The number of thiophene rings is 1. The lowest BCUT2D eigenvalue weighted by atomic mass is 10.1. The Kier molecular flexibility index (Phi) is 3.70. The van der Waals surface area contributed by atoms with E-state index in [1.54, 1.807) is 17.2 Å². The van der Waals surface area contributed by atoms with E-state index in [0.717, 1.165) is 16.0 Å². The zero-order chi connectivity index (χ0) is 16.5. The van der Waals surface area contributed by atoms with Gasteiger partial charge in [0.2, 0.25) is 0 Å². The predicted octanol–water partition coefficient (Wildman–Crippen LogP) is 2.79. The van der Waals surface area contributed by atoms with Gasteiger partial charge in [0.15, 0.2) is 0 Å². The van der Waals surface area contributed by atoms with E-state index >= 15 is 0 Å². The lowest BCUT2D eigenvalue weighted by molar-refractivity contribution is 0.528. The van der Waals surface area contributed by atoms with Gasteiger partial charge >= 0.3 is 0 Å². The van der Waals surface area contributed by atoms with Crippen LogP contribution in [0, 0.1) is 6.92 Å². The van der Waals surface area contributed by atoms with Crippen LogP contribution in [0.2, 0.25) is 0 Å². The highest BCUT2D eigenvalue weighted by atomic mass is 32.1. The second-order valence-electron chi connectivity index (χ2n) is 5.58. The fourth-order valence-corrected chi connectivity index (χ4v) is 3.53. The molecule has 0 saturated heterocycles. The quantitative estimate of drug-likeness (QED) is 0.621. The first kappa shape index (κ1) is 14.8. The Morgan fingerprint density at radius 2 is 1.92 bits per heavy atom. The van der Waals surface area contributed by atoms with Crippen LogP contribution in [0.3, 0.4) is 0 Å². The highest BCUT2D eigenvalue weighted by Crippen LogP contribution is 2.30. The van der Waals surface area contributed by atoms with E-state index in [4.69, 9.17) is 0 Å². The smallest absolute Gasteiger partial charge is 0.268 e. The summed E-state index contributed by atoms with van der Waals surface area (Å²) in [4.78, 5) is 22.4. The van der Waals surface area contributed by atoms with E-state index in [1.807, 2.05) is 6.07 Å². The van der Waals surface area contributed by atoms with Crippen LogP contribution in [0.5, 0.6) is 0 Å². The molecule has 3 aromatic heterocycles. The van der Waals surface area contributed by atoms with Crippen molar-refractivity contribution < 1.29 is 0 Å². The molecule has 0 aliphatic rings. The molecular weight excluding hydrogens is 322 g/mol. The molecule has 1 N–H and O–H groups in total. The number of nitrogens with one attached hydrogen (secondary N) is 1. The molecule has 0 unspecified atom stereocenters. The van der Waals surface area contributed by atoms with Crippen molar-refractivity contribution in [1.29, 1.82) is 0 Å². The molecule has 1 aromatic carbocycles. The molecule has 4 aromatic rings. The van der Waals surface area contributed by atoms with Crippen LogP contribution in [-0.2, 0) is 13.0 Å². The van der Waals surface area contributed by atoms with E-state index < -0.39 is 0 Å². The molecular formula is C17H15N5OS. The van der Waals surface area contributed by atoms with E-state index in [2.05, 4.69) is 51.4 Å². The number of H-pyrrole nitrogens is 1. The van der Waals surface area contributed by atoms with Gasteiger partial charge in [-0.3, -0.25) is 4.79 Å². The van der Waals surface area contributed by atoms with Gasteiger partial charge in [0.1, 0.15) is 10.5 Å². The van der Waals surface area contributed by atoms with E-state index in [0.29, 0.717) is 23.5 Å². The Morgan fingerprint density at radius 1 is 1.17 bits per heavy atom. The van der Waals surface area contributed by atoms with Crippen molar-refractivity contribution in [3.63, 3.8) is 0 Å². The molecule has 0 fully saturated rings. The molecule has 0 radical (unpaired) electrons. The molecule has 7 heteroatoms. The van der Waals surface area contributed by atoms with Crippen molar-refractivity contribution in [3.8, 4) is 10.4 Å². The zero-order valence-corrected chi connectivity index (χ0v) is 13.9. The van der Waals surface area contributed by atoms with Crippen molar-refractivity contribution >= 4 is 21.6 Å². The fraction of sp³-hybridized carbons (Fsp3) is 0.176. The minimum absolute atomic E-state index is 0.0909. The van der Waals surface area contributed by atoms with Crippen molar-refractivity contribution in [2.24, 2.45) is 0 Å². The highest BCUT2D eigenvalue weighted by Gasteiger charge is 2.10. The summed E-state index contributed by atoms with van der Waals surface area (Å²) in [5.41, 5.74) is 2.96. The minimum atomic E-state index is -0.0909. The van der Waals surface area contributed by atoms with Gasteiger partial charge < -0.3 is 4.98 Å². The number of aryl methyl sites for hydroxylation is 3. The van der Waals surface area contributed by atoms with Gasteiger partial charge in [-0.05, 0) is 18.6 Å². The summed E-state index contributed by atoms with van der Waals surface area (Å²) in [5, 5.41) is 8.11. The Labute approximate surface area is 141 Å². The third-order valence-electron chi connectivity index (χ3n) is 3.78. The summed E-state index contributed by atoms with van der Waals surface area (Å²) in [5.74, 6) is 0.651. The second-order valence-corrected chi connectivity index (χ2v) is 6.63. The largest absolute Gasteiger partial charge is 0.309 e. The fourth-order valence-electron chi connectivity index (χ4n) is 2.53. The second kappa shape index (κ2) is 6.01. The zero-order valence-electron chi connectivity index (χ0n) is 13.1. The number of aromatic nitrogens is 5. The van der Waals surface area contributed by atoms with E-state index in [-0.39, 0.29) is 5.56 Å². The molecule has 0 aliphatic heterocycles. The molecule has 24 heavy (non-hydrogen) atoms. The third-order valence-corrected chi connectivity index (χ3v) is 4.96. The maximum Gasteiger partial charge on any atom is 0.268 e. The van der Waals surface area contributed by atoms with Gasteiger partial charge in [-0.25, -0.2) is 4.98 Å². The summed E-state index contributed by atoms with van der Waals surface area (Å²) >= 11 is 1.47. The summed E-state index contributed by atoms with van der Waals surface area (Å²) in [6.07, 6.45) is 3.84. The number of benzene rings is 1. The van der Waals surface area contributed by atoms with Gasteiger partial charge in [-0.1, -0.05) is 29.8 Å². The van der Waals surface area contributed by atoms with Crippen molar-refractivity contribution in [2.75, 3.05) is 0 Å². The number of nitrogens with zero attached hydrogens (tertiary/aromatic N) is 4. The van der Waals surface area contributed by atoms with Crippen LogP contribution in [0.15, 0.2) is 47.5 Å². The van der Waals surface area contributed by atoms with E-state index in [9.17, 15) is 4.79 Å².